The summed E-state index contributed by atoms with van der Waals surface area (Å²) in [5.41, 5.74) is 2.61. The maximum absolute atomic E-state index is 5.89. The highest BCUT2D eigenvalue weighted by Gasteiger charge is 2.19. The zero-order valence-corrected chi connectivity index (χ0v) is 14.0. The molecule has 0 bridgehead atoms. The molecule has 2 aromatic rings. The second-order valence-corrected chi connectivity index (χ2v) is 6.86. The normalized spacial score (nSPS) is 17.4. The van der Waals surface area contributed by atoms with Gasteiger partial charge in [-0.25, -0.2) is 0 Å². The van der Waals surface area contributed by atoms with Crippen LogP contribution in [0.25, 0.3) is 0 Å². The molecule has 0 saturated carbocycles. The number of nitrogens with zero attached hydrogens (tertiary/aromatic N) is 1. The van der Waals surface area contributed by atoms with Gasteiger partial charge in [-0.2, -0.15) is 0 Å². The number of rotatable bonds is 3. The molecule has 1 atom stereocenters. The molecule has 3 rings (SSSR count). The van der Waals surface area contributed by atoms with Gasteiger partial charge in [0.2, 0.25) is 0 Å². The van der Waals surface area contributed by atoms with Gasteiger partial charge in [0.25, 0.3) is 0 Å². The largest absolute Gasteiger partial charge is 0.486 e. The van der Waals surface area contributed by atoms with Crippen molar-refractivity contribution in [2.75, 3.05) is 13.2 Å². The summed E-state index contributed by atoms with van der Waals surface area (Å²) in [6.45, 7) is 7.78. The maximum atomic E-state index is 5.89. The van der Waals surface area contributed by atoms with E-state index in [1.807, 2.05) is 30.5 Å². The summed E-state index contributed by atoms with van der Waals surface area (Å²) in [7, 11) is 0. The van der Waals surface area contributed by atoms with E-state index in [9.17, 15) is 0 Å². The van der Waals surface area contributed by atoms with Crippen LogP contribution in [0.3, 0.4) is 0 Å². The lowest BCUT2D eigenvalue weighted by molar-refractivity contribution is 0.0973. The van der Waals surface area contributed by atoms with Crippen LogP contribution in [0.4, 0.5) is 0 Å². The van der Waals surface area contributed by atoms with Crippen molar-refractivity contribution in [3.63, 3.8) is 0 Å². The molecule has 1 aliphatic rings. The minimum absolute atomic E-state index is 0.0324. The summed E-state index contributed by atoms with van der Waals surface area (Å²) in [6.07, 6.45) is 1.87. The first kappa shape index (κ1) is 15.6. The van der Waals surface area contributed by atoms with Crippen molar-refractivity contribution in [3.8, 4) is 11.5 Å². The molecule has 1 unspecified atom stereocenters. The second-order valence-electron chi connectivity index (χ2n) is 6.86. The third-order valence-corrected chi connectivity index (χ3v) is 3.89. The van der Waals surface area contributed by atoms with Crippen molar-refractivity contribution < 1.29 is 9.47 Å². The van der Waals surface area contributed by atoms with Crippen LogP contribution in [-0.2, 0) is 5.41 Å². The van der Waals surface area contributed by atoms with E-state index in [0.29, 0.717) is 13.2 Å². The number of ether oxygens (including phenoxy) is 2. The summed E-state index contributed by atoms with van der Waals surface area (Å²) >= 11 is 0. The van der Waals surface area contributed by atoms with Gasteiger partial charge in [-0.3, -0.25) is 4.99 Å². The average Bonchev–Trinajstić information content (AvgIpc) is 2.54. The zero-order valence-electron chi connectivity index (χ0n) is 14.0. The number of hydrogen-bond acceptors (Lipinski definition) is 3. The van der Waals surface area contributed by atoms with Gasteiger partial charge >= 0.3 is 0 Å². The first-order chi connectivity index (χ1) is 11.0. The van der Waals surface area contributed by atoms with E-state index < -0.39 is 0 Å². The summed E-state index contributed by atoms with van der Waals surface area (Å²) in [5, 5.41) is 0. The quantitative estimate of drug-likeness (QED) is 0.794. The van der Waals surface area contributed by atoms with Crippen LogP contribution < -0.4 is 9.47 Å². The van der Waals surface area contributed by atoms with Crippen LogP contribution in [0.1, 0.15) is 31.9 Å². The van der Waals surface area contributed by atoms with E-state index in [2.05, 4.69) is 50.0 Å². The third kappa shape index (κ3) is 3.92. The monoisotopic (exact) mass is 309 g/mol. The Bertz CT molecular complexity index is 684. The molecule has 0 amide bonds. The van der Waals surface area contributed by atoms with Gasteiger partial charge in [-0.05, 0) is 28.7 Å². The van der Waals surface area contributed by atoms with Gasteiger partial charge in [0.1, 0.15) is 6.61 Å². The predicted molar refractivity (Wildman–Crippen MR) is 94.0 cm³/mol. The first-order valence-corrected chi connectivity index (χ1v) is 8.01. The Hall–Kier alpha value is -2.29. The van der Waals surface area contributed by atoms with E-state index in [-0.39, 0.29) is 11.5 Å². The van der Waals surface area contributed by atoms with E-state index in [1.54, 1.807) is 0 Å². The molecule has 120 valence electrons. The predicted octanol–water partition coefficient (Wildman–Crippen LogP) is 4.24. The van der Waals surface area contributed by atoms with Gasteiger partial charge in [0.05, 0.1) is 6.54 Å². The molecular formula is C20H23NO2. The van der Waals surface area contributed by atoms with Crippen molar-refractivity contribution in [2.45, 2.75) is 32.3 Å². The lowest BCUT2D eigenvalue weighted by atomic mass is 9.87. The van der Waals surface area contributed by atoms with Crippen LogP contribution in [0, 0.1) is 0 Å². The second kappa shape index (κ2) is 6.45. The SMILES string of the molecule is CC(C)(C)c1ccc(C=NCC2COc3ccccc3O2)cc1. The van der Waals surface area contributed by atoms with Gasteiger partial charge in [-0.15, -0.1) is 0 Å². The maximum Gasteiger partial charge on any atom is 0.161 e. The molecule has 0 fully saturated rings. The molecule has 0 spiro atoms. The van der Waals surface area contributed by atoms with Crippen molar-refractivity contribution in [1.82, 2.24) is 0 Å². The Kier molecular flexibility index (Phi) is 4.37. The Labute approximate surface area is 138 Å². The average molecular weight is 309 g/mol. The highest BCUT2D eigenvalue weighted by molar-refractivity contribution is 5.79. The lowest BCUT2D eigenvalue weighted by Gasteiger charge is -2.25. The Balaban J connectivity index is 1.57. The molecule has 23 heavy (non-hydrogen) atoms. The number of hydrogen-bond donors (Lipinski definition) is 0. The van der Waals surface area contributed by atoms with Crippen LogP contribution >= 0.6 is 0 Å². The van der Waals surface area contributed by atoms with Crippen molar-refractivity contribution >= 4 is 6.21 Å². The van der Waals surface area contributed by atoms with Gasteiger partial charge in [-0.1, -0.05) is 57.2 Å². The molecule has 0 radical (unpaired) electrons. The van der Waals surface area contributed by atoms with E-state index >= 15 is 0 Å². The van der Waals surface area contributed by atoms with Crippen LogP contribution in [0.15, 0.2) is 53.5 Å². The van der Waals surface area contributed by atoms with Crippen LogP contribution in [0.5, 0.6) is 11.5 Å². The molecule has 1 aliphatic heterocycles. The lowest BCUT2D eigenvalue weighted by Crippen LogP contribution is -2.31. The first-order valence-electron chi connectivity index (χ1n) is 8.01. The molecule has 0 saturated heterocycles. The topological polar surface area (TPSA) is 30.8 Å². The number of aliphatic imine (C=N–C) groups is 1. The van der Waals surface area contributed by atoms with Crippen LogP contribution in [0.2, 0.25) is 0 Å². The summed E-state index contributed by atoms with van der Waals surface area (Å²) in [5.74, 6) is 1.61. The number of para-hydroxylation sites is 2. The molecule has 0 N–H and O–H groups in total. The molecule has 3 nitrogen and oxygen atoms in total. The van der Waals surface area contributed by atoms with E-state index in [0.717, 1.165) is 17.1 Å². The zero-order chi connectivity index (χ0) is 16.3. The van der Waals surface area contributed by atoms with E-state index in [4.69, 9.17) is 9.47 Å². The van der Waals surface area contributed by atoms with Crippen molar-refractivity contribution in [3.05, 3.63) is 59.7 Å². The summed E-state index contributed by atoms with van der Waals surface area (Å²) in [4.78, 5) is 4.50. The van der Waals surface area contributed by atoms with Gasteiger partial charge in [0.15, 0.2) is 17.6 Å². The molecule has 2 aromatic carbocycles. The fraction of sp³-hybridized carbons (Fsp3) is 0.350. The Morgan fingerprint density at radius 2 is 1.74 bits per heavy atom. The Morgan fingerprint density at radius 1 is 1.04 bits per heavy atom. The minimum atomic E-state index is -0.0324. The molecule has 0 aliphatic carbocycles. The molecule has 1 heterocycles. The van der Waals surface area contributed by atoms with Crippen molar-refractivity contribution in [1.29, 1.82) is 0 Å². The summed E-state index contributed by atoms with van der Waals surface area (Å²) in [6, 6.07) is 16.3. The molecule has 0 aromatic heterocycles. The highest BCUT2D eigenvalue weighted by atomic mass is 16.6. The Morgan fingerprint density at radius 3 is 2.43 bits per heavy atom. The highest BCUT2D eigenvalue weighted by Crippen LogP contribution is 2.30. The van der Waals surface area contributed by atoms with Gasteiger partial charge < -0.3 is 9.47 Å². The smallest absolute Gasteiger partial charge is 0.161 e. The minimum Gasteiger partial charge on any atom is -0.486 e. The van der Waals surface area contributed by atoms with Gasteiger partial charge in [0, 0.05) is 6.21 Å². The standard InChI is InChI=1S/C20H23NO2/c1-20(2,3)16-10-8-15(9-11-16)12-21-13-17-14-22-18-6-4-5-7-19(18)23-17/h4-12,17H,13-14H2,1-3H3. The van der Waals surface area contributed by atoms with Crippen molar-refractivity contribution in [2.24, 2.45) is 4.99 Å². The third-order valence-electron chi connectivity index (χ3n) is 3.89. The van der Waals surface area contributed by atoms with Crippen LogP contribution in [-0.4, -0.2) is 25.5 Å². The number of fused-ring (bicyclic) bond motifs is 1. The fourth-order valence-electron chi connectivity index (χ4n) is 2.50. The summed E-state index contributed by atoms with van der Waals surface area (Å²) < 4.78 is 11.6. The van der Waals surface area contributed by atoms with E-state index in [1.165, 1.54) is 5.56 Å². The molecule has 3 heteroatoms. The molecular weight excluding hydrogens is 286 g/mol. The number of benzene rings is 2. The fourth-order valence-corrected chi connectivity index (χ4v) is 2.50.